The minimum Gasteiger partial charge on any atom is -0.464 e. The molecule has 13 nitrogen and oxygen atoms in total. The average molecular weight is 980 g/mol. The molecular formula is C50H61F3N5O8PS. The summed E-state index contributed by atoms with van der Waals surface area (Å²) in [5.41, 5.74) is 0.917. The van der Waals surface area contributed by atoms with Crippen LogP contribution >= 0.6 is 18.9 Å². The van der Waals surface area contributed by atoms with Gasteiger partial charge in [-0.2, -0.15) is 0 Å². The van der Waals surface area contributed by atoms with Gasteiger partial charge in [0.25, 0.3) is 5.91 Å². The predicted octanol–water partition coefficient (Wildman–Crippen LogP) is 8.85. The molecule has 1 aromatic heterocycles. The van der Waals surface area contributed by atoms with Crippen LogP contribution in [0.2, 0.25) is 0 Å². The molecule has 1 saturated carbocycles. The first-order chi connectivity index (χ1) is 32.7. The minimum atomic E-state index is -4.61. The molecule has 4 heterocycles. The maximum atomic E-state index is 16.9. The highest BCUT2D eigenvalue weighted by atomic mass is 32.1. The Morgan fingerprint density at radius 1 is 0.971 bits per heavy atom. The van der Waals surface area contributed by atoms with Gasteiger partial charge in [0.15, 0.2) is 0 Å². The van der Waals surface area contributed by atoms with Crippen LogP contribution in [0.1, 0.15) is 104 Å². The molecule has 3 amide bonds. The van der Waals surface area contributed by atoms with Crippen molar-refractivity contribution in [1.29, 1.82) is 0 Å². The summed E-state index contributed by atoms with van der Waals surface area (Å²) in [5.74, 6) is -3.73. The number of benzene rings is 3. The number of rotatable bonds is 19. The largest absolute Gasteiger partial charge is 0.464 e. The molecule has 2 N–H and O–H groups in total. The van der Waals surface area contributed by atoms with Gasteiger partial charge in [0.05, 0.1) is 18.1 Å². The number of carbonyl (C=O) groups excluding carboxylic acids is 4. The van der Waals surface area contributed by atoms with Crippen LogP contribution in [0.3, 0.4) is 0 Å². The summed E-state index contributed by atoms with van der Waals surface area (Å²) in [6.45, 7) is 2.37. The van der Waals surface area contributed by atoms with Gasteiger partial charge in [-0.25, -0.2) is 18.3 Å². The highest BCUT2D eigenvalue weighted by Crippen LogP contribution is 2.58. The number of fused-ring (bicyclic) bond motifs is 2. The molecule has 1 unspecified atom stereocenters. The first kappa shape index (κ1) is 49.6. The smallest absolute Gasteiger partial charge is 0.355 e. The summed E-state index contributed by atoms with van der Waals surface area (Å²) in [7, 11) is -1.45. The van der Waals surface area contributed by atoms with Gasteiger partial charge in [-0.1, -0.05) is 61.5 Å². The van der Waals surface area contributed by atoms with Gasteiger partial charge in [0.2, 0.25) is 24.2 Å². The summed E-state index contributed by atoms with van der Waals surface area (Å²) in [4.78, 5) is 62.7. The zero-order valence-electron chi connectivity index (χ0n) is 38.7. The van der Waals surface area contributed by atoms with Gasteiger partial charge in [-0.05, 0) is 112 Å². The molecule has 8 atom stereocenters. The van der Waals surface area contributed by atoms with Crippen LogP contribution in [0.15, 0.2) is 84.9 Å². The van der Waals surface area contributed by atoms with E-state index in [0.29, 0.717) is 48.7 Å². The van der Waals surface area contributed by atoms with Crippen molar-refractivity contribution < 1.29 is 50.9 Å². The van der Waals surface area contributed by atoms with E-state index in [1.54, 1.807) is 35.2 Å². The second-order valence-electron chi connectivity index (χ2n) is 18.7. The Morgan fingerprint density at radius 3 is 2.40 bits per heavy atom. The Bertz CT molecular complexity index is 2460. The van der Waals surface area contributed by atoms with Gasteiger partial charge < -0.3 is 34.0 Å². The Balaban J connectivity index is 1.03. The van der Waals surface area contributed by atoms with Crippen LogP contribution in [0, 0.1) is 0 Å². The van der Waals surface area contributed by atoms with Crippen molar-refractivity contribution in [2.45, 2.75) is 125 Å². The van der Waals surface area contributed by atoms with E-state index in [2.05, 4.69) is 22.5 Å². The number of para-hydroxylation sites is 1. The number of likely N-dealkylation sites (tertiary alicyclic amines) is 1. The maximum Gasteiger partial charge on any atom is 0.355 e. The number of nitrogens with zero attached hydrogens (tertiary/aromatic N) is 3. The number of methoxy groups -OCH3 is 1. The van der Waals surface area contributed by atoms with Gasteiger partial charge in [0, 0.05) is 54.9 Å². The molecule has 0 bridgehead atoms. The lowest BCUT2D eigenvalue weighted by Crippen LogP contribution is -2.59. The van der Waals surface area contributed by atoms with Crippen molar-refractivity contribution in [3.8, 4) is 5.75 Å². The van der Waals surface area contributed by atoms with Crippen LogP contribution in [0.5, 0.6) is 5.75 Å². The average Bonchev–Trinajstić information content (AvgIpc) is 3.61. The van der Waals surface area contributed by atoms with Gasteiger partial charge in [-0.15, -0.1) is 11.3 Å². The third kappa shape index (κ3) is 11.0. The first-order valence-corrected chi connectivity index (χ1v) is 26.2. The van der Waals surface area contributed by atoms with E-state index in [1.807, 2.05) is 42.0 Å². The summed E-state index contributed by atoms with van der Waals surface area (Å²) >= 11 is 1.13. The number of nitrogens with one attached hydrogen (secondary N) is 2. The Labute approximate surface area is 399 Å². The fraction of sp³-hybridized carbons (Fsp3) is 0.520. The van der Waals surface area contributed by atoms with Crippen molar-refractivity contribution in [3.63, 3.8) is 0 Å². The summed E-state index contributed by atoms with van der Waals surface area (Å²) in [5, 5.41) is 6.04. The van der Waals surface area contributed by atoms with E-state index in [4.69, 9.17) is 14.0 Å². The molecule has 4 aromatic rings. The van der Waals surface area contributed by atoms with Crippen LogP contribution < -0.4 is 14.9 Å². The summed E-state index contributed by atoms with van der Waals surface area (Å²) in [6.07, 6.45) is 2.71. The van der Waals surface area contributed by atoms with Gasteiger partial charge >= 0.3 is 13.5 Å². The van der Waals surface area contributed by atoms with E-state index in [0.717, 1.165) is 30.6 Å². The highest BCUT2D eigenvalue weighted by molar-refractivity contribution is 7.57. The topological polar surface area (TPSA) is 147 Å². The first-order valence-electron chi connectivity index (χ1n) is 23.7. The molecule has 3 aliphatic heterocycles. The van der Waals surface area contributed by atoms with Crippen molar-refractivity contribution in [3.05, 3.63) is 101 Å². The Morgan fingerprint density at radius 2 is 1.71 bits per heavy atom. The SMILES string of the molecule is CCCOC(=O)[C@H](COC)NP(=O)(Oc1ccccc1)[C@@H](F)c1ccc2sc(C(=O)N[C@H]3CC[C@H](N(C)CCC(F)F)C[C@H]4CC[C@@H](C(=O)N5C[C@H](c6ccccc6)CC56CC6)N4C3=O)cc2c1. The van der Waals surface area contributed by atoms with Crippen molar-refractivity contribution in [1.82, 2.24) is 25.1 Å². The van der Waals surface area contributed by atoms with E-state index in [1.165, 1.54) is 36.9 Å². The number of amides is 3. The molecule has 0 radical (unpaired) electrons. The quantitative estimate of drug-likeness (QED) is 0.0691. The molecule has 18 heteroatoms. The number of esters is 1. The van der Waals surface area contributed by atoms with Crippen molar-refractivity contribution in [2.75, 3.05) is 40.5 Å². The highest BCUT2D eigenvalue weighted by Gasteiger charge is 2.58. The zero-order chi connectivity index (χ0) is 48.2. The number of hydrogen-bond donors (Lipinski definition) is 2. The molecule has 3 saturated heterocycles. The fourth-order valence-corrected chi connectivity index (χ4v) is 13.1. The second kappa shape index (κ2) is 21.5. The van der Waals surface area contributed by atoms with Crippen LogP contribution in [0.25, 0.3) is 10.1 Å². The van der Waals surface area contributed by atoms with Crippen molar-refractivity contribution in [2.24, 2.45) is 0 Å². The molecular weight excluding hydrogens is 919 g/mol. The summed E-state index contributed by atoms with van der Waals surface area (Å²) < 4.78 is 75.2. The molecule has 366 valence electrons. The Hall–Kier alpha value is -4.80. The standard InChI is InChI=1S/C50H61F3N5O8PS/c1-4-25-65-49(62)40(31-64-3)55-67(63,66-38-13-9-6-10-14-38)45(53)33-15-20-42-34(26-33)27-43(68-42)46(59)54-39-18-16-36(56(2)24-21-44(51)52)28-37-17-19-41(58(37)47(39)60)48(61)57-30-35(29-50(57)22-23-50)32-11-7-5-8-12-32/h5-15,20,26-27,35-37,39-41,44-45H,4,16-19,21-25,28-31H2,1-3H3,(H,54,59)(H,55,63)/t35-,36+,37-,39+,40+,41+,45-,67?/m1/s1. The molecule has 4 aliphatic rings. The van der Waals surface area contributed by atoms with E-state index in [-0.39, 0.29) is 84.1 Å². The zero-order valence-corrected chi connectivity index (χ0v) is 40.4. The third-order valence-electron chi connectivity index (χ3n) is 14.0. The fourth-order valence-electron chi connectivity index (χ4n) is 10.3. The number of carbonyl (C=O) groups is 4. The lowest BCUT2D eigenvalue weighted by molar-refractivity contribution is -0.148. The lowest BCUT2D eigenvalue weighted by atomic mass is 9.93. The summed E-state index contributed by atoms with van der Waals surface area (Å²) in [6, 6.07) is 20.7. The minimum absolute atomic E-state index is 0.0406. The third-order valence-corrected chi connectivity index (χ3v) is 17.2. The normalized spacial score (nSPS) is 24.1. The molecule has 3 aromatic carbocycles. The number of ether oxygens (including phenoxy) is 2. The number of halogens is 3. The second-order valence-corrected chi connectivity index (χ2v) is 21.9. The van der Waals surface area contributed by atoms with E-state index in [9.17, 15) is 32.5 Å². The van der Waals surface area contributed by atoms with Crippen LogP contribution in [-0.4, -0.2) is 121 Å². The molecule has 1 aliphatic carbocycles. The van der Waals surface area contributed by atoms with Gasteiger partial charge in [0.1, 0.15) is 23.9 Å². The molecule has 8 rings (SSSR count). The maximum absolute atomic E-state index is 16.9. The van der Waals surface area contributed by atoms with Crippen LogP contribution in [0.4, 0.5) is 13.2 Å². The van der Waals surface area contributed by atoms with Crippen molar-refractivity contribution >= 4 is 52.6 Å². The molecule has 68 heavy (non-hydrogen) atoms. The predicted molar refractivity (Wildman–Crippen MR) is 254 cm³/mol. The number of alkyl halides is 3. The monoisotopic (exact) mass is 979 g/mol. The Kier molecular flexibility index (Phi) is 15.7. The molecule has 1 spiro atoms. The number of thiophene rings is 1. The number of hydrogen-bond acceptors (Lipinski definition) is 10. The molecule has 4 fully saturated rings. The van der Waals surface area contributed by atoms with E-state index < -0.39 is 49.9 Å². The van der Waals surface area contributed by atoms with Crippen LogP contribution in [-0.2, 0) is 28.4 Å². The lowest BCUT2D eigenvalue weighted by Gasteiger charge is -2.41. The van der Waals surface area contributed by atoms with E-state index >= 15 is 4.39 Å². The van der Waals surface area contributed by atoms with Gasteiger partial charge in [-0.3, -0.25) is 23.7 Å².